The van der Waals surface area contributed by atoms with Crippen LogP contribution in [-0.4, -0.2) is 11.7 Å². The molecule has 0 radical (unpaired) electrons. The Kier molecular flexibility index (Phi) is 3.13. The third-order valence-electron chi connectivity index (χ3n) is 3.76. The summed E-state index contributed by atoms with van der Waals surface area (Å²) in [5, 5.41) is 2.94. The van der Waals surface area contributed by atoms with Crippen LogP contribution in [0.25, 0.3) is 10.1 Å². The van der Waals surface area contributed by atoms with E-state index >= 15 is 0 Å². The highest BCUT2D eigenvalue weighted by molar-refractivity contribution is 7.17. The van der Waals surface area contributed by atoms with Gasteiger partial charge in [-0.3, -0.25) is 4.79 Å². The normalized spacial score (nSPS) is 22.5. The molecule has 100 valence electrons. The van der Waals surface area contributed by atoms with Crippen molar-refractivity contribution in [2.75, 3.05) is 0 Å². The van der Waals surface area contributed by atoms with Crippen LogP contribution in [0, 0.1) is 5.92 Å². The van der Waals surface area contributed by atoms with Gasteiger partial charge in [-0.15, -0.1) is 11.3 Å². The van der Waals surface area contributed by atoms with Gasteiger partial charge < -0.3 is 0 Å². The van der Waals surface area contributed by atoms with Gasteiger partial charge in [-0.2, -0.15) is 0 Å². The highest BCUT2D eigenvalue weighted by Crippen LogP contribution is 2.39. The molecule has 4 heteroatoms. The Balaban J connectivity index is 1.93. The second-order valence-electron chi connectivity index (χ2n) is 5.16. The van der Waals surface area contributed by atoms with Gasteiger partial charge in [-0.25, -0.2) is 8.78 Å². The van der Waals surface area contributed by atoms with Gasteiger partial charge in [0.1, 0.15) is 0 Å². The van der Waals surface area contributed by atoms with Crippen LogP contribution >= 0.6 is 11.3 Å². The first kappa shape index (κ1) is 12.7. The fourth-order valence-corrected chi connectivity index (χ4v) is 3.72. The molecule has 1 nitrogen and oxygen atoms in total. The summed E-state index contributed by atoms with van der Waals surface area (Å²) in [5.74, 6) is -3.33. The van der Waals surface area contributed by atoms with Crippen molar-refractivity contribution in [1.29, 1.82) is 0 Å². The van der Waals surface area contributed by atoms with Crippen LogP contribution in [0.2, 0.25) is 0 Å². The first-order chi connectivity index (χ1) is 9.07. The molecule has 1 aromatic carbocycles. The molecule has 0 bridgehead atoms. The second kappa shape index (κ2) is 4.67. The van der Waals surface area contributed by atoms with Crippen LogP contribution in [0.5, 0.6) is 0 Å². The fourth-order valence-electron chi connectivity index (χ4n) is 2.80. The first-order valence-corrected chi connectivity index (χ1v) is 7.33. The number of benzene rings is 1. The van der Waals surface area contributed by atoms with Gasteiger partial charge in [0.15, 0.2) is 5.78 Å². The third kappa shape index (κ3) is 2.41. The molecular weight excluding hydrogens is 266 g/mol. The average Bonchev–Trinajstić information content (AvgIpc) is 2.84. The first-order valence-electron chi connectivity index (χ1n) is 6.45. The Hall–Kier alpha value is -1.29. The Morgan fingerprint density at radius 2 is 2.16 bits per heavy atom. The van der Waals surface area contributed by atoms with E-state index in [4.69, 9.17) is 0 Å². The predicted octanol–water partition coefficient (Wildman–Crippen LogP) is 4.91. The SMILES string of the molecule is O=C(c1cccc2ccsc12)C1CCCC(F)(F)C1. The van der Waals surface area contributed by atoms with E-state index in [1.807, 2.05) is 23.6 Å². The predicted molar refractivity (Wildman–Crippen MR) is 73.1 cm³/mol. The number of halogens is 2. The number of hydrogen-bond donors (Lipinski definition) is 0. The van der Waals surface area contributed by atoms with Crippen LogP contribution in [0.4, 0.5) is 8.78 Å². The topological polar surface area (TPSA) is 17.1 Å². The molecule has 0 amide bonds. The molecule has 1 unspecified atom stereocenters. The number of ketones is 1. The minimum atomic E-state index is -2.68. The van der Waals surface area contributed by atoms with Gasteiger partial charge in [-0.1, -0.05) is 12.1 Å². The lowest BCUT2D eigenvalue weighted by molar-refractivity contribution is -0.0477. The van der Waals surface area contributed by atoms with Gasteiger partial charge >= 0.3 is 0 Å². The van der Waals surface area contributed by atoms with Crippen molar-refractivity contribution in [3.8, 4) is 0 Å². The summed E-state index contributed by atoms with van der Waals surface area (Å²) in [6.07, 6.45) is 0.633. The van der Waals surface area contributed by atoms with Crippen molar-refractivity contribution >= 4 is 27.2 Å². The van der Waals surface area contributed by atoms with Crippen LogP contribution in [0.15, 0.2) is 29.6 Å². The third-order valence-corrected chi connectivity index (χ3v) is 4.72. The van der Waals surface area contributed by atoms with Crippen LogP contribution < -0.4 is 0 Å². The molecule has 1 aromatic heterocycles. The number of thiophene rings is 1. The molecule has 1 heterocycles. The number of carbonyl (C=O) groups excluding carboxylic acids is 1. The summed E-state index contributed by atoms with van der Waals surface area (Å²) in [7, 11) is 0. The Morgan fingerprint density at radius 1 is 1.32 bits per heavy atom. The molecule has 0 spiro atoms. The zero-order valence-electron chi connectivity index (χ0n) is 10.4. The maximum absolute atomic E-state index is 13.4. The molecule has 3 rings (SSSR count). The quantitative estimate of drug-likeness (QED) is 0.714. The molecule has 2 aromatic rings. The second-order valence-corrected chi connectivity index (χ2v) is 6.07. The Bertz CT molecular complexity index is 617. The molecule has 1 atom stereocenters. The highest BCUT2D eigenvalue weighted by Gasteiger charge is 2.39. The summed E-state index contributed by atoms with van der Waals surface area (Å²) in [5.41, 5.74) is 0.607. The van der Waals surface area contributed by atoms with Crippen molar-refractivity contribution in [2.24, 2.45) is 5.92 Å². The van der Waals surface area contributed by atoms with Gasteiger partial charge in [-0.05, 0) is 35.7 Å². The lowest BCUT2D eigenvalue weighted by atomic mass is 9.81. The van der Waals surface area contributed by atoms with Crippen LogP contribution in [0.1, 0.15) is 36.0 Å². The van der Waals surface area contributed by atoms with Gasteiger partial charge in [0, 0.05) is 29.0 Å². The molecule has 1 fully saturated rings. The molecule has 1 saturated carbocycles. The summed E-state index contributed by atoms with van der Waals surface area (Å²) in [6, 6.07) is 7.47. The largest absolute Gasteiger partial charge is 0.294 e. The van der Waals surface area contributed by atoms with E-state index in [2.05, 4.69) is 0 Å². The lowest BCUT2D eigenvalue weighted by Gasteiger charge is -2.28. The zero-order valence-corrected chi connectivity index (χ0v) is 11.2. The summed E-state index contributed by atoms with van der Waals surface area (Å²) >= 11 is 1.50. The summed E-state index contributed by atoms with van der Waals surface area (Å²) < 4.78 is 27.8. The Morgan fingerprint density at radius 3 is 2.95 bits per heavy atom. The van der Waals surface area contributed by atoms with Crippen molar-refractivity contribution in [3.05, 3.63) is 35.2 Å². The van der Waals surface area contributed by atoms with E-state index in [9.17, 15) is 13.6 Å². The highest BCUT2D eigenvalue weighted by atomic mass is 32.1. The van der Waals surface area contributed by atoms with Crippen molar-refractivity contribution in [3.63, 3.8) is 0 Å². The number of Topliss-reactive ketones (excluding diaryl/α,β-unsaturated/α-hetero) is 1. The summed E-state index contributed by atoms with van der Waals surface area (Å²) in [6.45, 7) is 0. The van der Waals surface area contributed by atoms with E-state index in [1.165, 1.54) is 11.3 Å². The fraction of sp³-hybridized carbons (Fsp3) is 0.400. The number of alkyl halides is 2. The number of fused-ring (bicyclic) bond motifs is 1. The van der Waals surface area contributed by atoms with Gasteiger partial charge in [0.25, 0.3) is 0 Å². The molecule has 19 heavy (non-hydrogen) atoms. The molecule has 1 aliphatic rings. The van der Waals surface area contributed by atoms with Crippen molar-refractivity contribution in [1.82, 2.24) is 0 Å². The maximum atomic E-state index is 13.4. The van der Waals surface area contributed by atoms with E-state index in [1.54, 1.807) is 6.07 Å². The number of hydrogen-bond acceptors (Lipinski definition) is 2. The smallest absolute Gasteiger partial charge is 0.248 e. The van der Waals surface area contributed by atoms with Crippen LogP contribution in [-0.2, 0) is 0 Å². The average molecular weight is 280 g/mol. The summed E-state index contributed by atoms with van der Waals surface area (Å²) in [4.78, 5) is 12.5. The molecule has 0 aliphatic heterocycles. The molecule has 0 saturated heterocycles. The lowest BCUT2D eigenvalue weighted by Crippen LogP contribution is -2.30. The zero-order chi connectivity index (χ0) is 13.5. The number of carbonyl (C=O) groups is 1. The minimum Gasteiger partial charge on any atom is -0.294 e. The minimum absolute atomic E-state index is 0.0834. The van der Waals surface area contributed by atoms with E-state index in [0.29, 0.717) is 18.4 Å². The van der Waals surface area contributed by atoms with Gasteiger partial charge in [0.2, 0.25) is 5.92 Å². The molecular formula is C15H14F2OS. The van der Waals surface area contributed by atoms with Crippen molar-refractivity contribution < 1.29 is 13.6 Å². The molecule has 1 aliphatic carbocycles. The maximum Gasteiger partial charge on any atom is 0.248 e. The molecule has 0 N–H and O–H groups in total. The van der Waals surface area contributed by atoms with Gasteiger partial charge in [0.05, 0.1) is 0 Å². The van der Waals surface area contributed by atoms with E-state index < -0.39 is 11.8 Å². The number of rotatable bonds is 2. The van der Waals surface area contributed by atoms with E-state index in [0.717, 1.165) is 10.1 Å². The van der Waals surface area contributed by atoms with Crippen LogP contribution in [0.3, 0.4) is 0 Å². The Labute approximate surface area is 114 Å². The standard InChI is InChI=1S/C15H14F2OS/c16-15(17)7-2-4-11(9-15)13(18)12-5-1-3-10-6-8-19-14(10)12/h1,3,5-6,8,11H,2,4,7,9H2. The van der Waals surface area contributed by atoms with E-state index in [-0.39, 0.29) is 18.6 Å². The van der Waals surface area contributed by atoms with Crippen molar-refractivity contribution in [2.45, 2.75) is 31.6 Å². The monoisotopic (exact) mass is 280 g/mol.